The van der Waals surface area contributed by atoms with Gasteiger partial charge in [-0.25, -0.2) is 0 Å². The first-order valence-electron chi connectivity index (χ1n) is 10.6. The molecule has 5 heteroatoms. The Morgan fingerprint density at radius 2 is 1.82 bits per heavy atom. The summed E-state index contributed by atoms with van der Waals surface area (Å²) in [7, 11) is 1.66. The third-order valence-corrected chi connectivity index (χ3v) is 5.74. The number of rotatable bonds is 9. The zero-order chi connectivity index (χ0) is 19.9. The molecule has 0 radical (unpaired) electrons. The highest BCUT2D eigenvalue weighted by molar-refractivity contribution is 5.83. The van der Waals surface area contributed by atoms with Crippen LogP contribution in [0.3, 0.4) is 0 Å². The van der Waals surface area contributed by atoms with E-state index in [9.17, 15) is 5.11 Å². The number of hydrogen-bond donors (Lipinski definition) is 1. The van der Waals surface area contributed by atoms with Crippen LogP contribution in [0, 0.1) is 5.92 Å². The van der Waals surface area contributed by atoms with Crippen molar-refractivity contribution in [2.45, 2.75) is 39.2 Å². The third-order valence-electron chi connectivity index (χ3n) is 5.74. The molecule has 0 aliphatic carbocycles. The van der Waals surface area contributed by atoms with E-state index in [1.807, 2.05) is 24.3 Å². The Morgan fingerprint density at radius 3 is 2.54 bits per heavy atom. The Kier molecular flexibility index (Phi) is 7.65. The molecule has 0 unspecified atom stereocenters. The lowest BCUT2D eigenvalue weighted by Gasteiger charge is -2.35. The van der Waals surface area contributed by atoms with Crippen molar-refractivity contribution in [3.8, 4) is 5.75 Å². The van der Waals surface area contributed by atoms with E-state index >= 15 is 0 Å². The molecule has 1 atom stereocenters. The van der Waals surface area contributed by atoms with Gasteiger partial charge in [0.25, 0.3) is 0 Å². The van der Waals surface area contributed by atoms with E-state index in [1.54, 1.807) is 13.3 Å². The Morgan fingerprint density at radius 1 is 1.07 bits per heavy atom. The predicted molar refractivity (Wildman–Crippen MR) is 115 cm³/mol. The lowest BCUT2D eigenvalue weighted by Crippen LogP contribution is -2.47. The Balaban J connectivity index is 1.52. The number of fused-ring (bicyclic) bond motifs is 1. The first-order valence-corrected chi connectivity index (χ1v) is 10.6. The number of methoxy groups -OCH3 is 1. The van der Waals surface area contributed by atoms with Gasteiger partial charge in [0, 0.05) is 44.3 Å². The highest BCUT2D eigenvalue weighted by Gasteiger charge is 2.21. The summed E-state index contributed by atoms with van der Waals surface area (Å²) in [6, 6.07) is 7.75. The van der Waals surface area contributed by atoms with Gasteiger partial charge in [0.2, 0.25) is 0 Å². The van der Waals surface area contributed by atoms with E-state index in [2.05, 4.69) is 28.6 Å². The van der Waals surface area contributed by atoms with Crippen LogP contribution in [-0.2, 0) is 0 Å². The van der Waals surface area contributed by atoms with Gasteiger partial charge in [0.05, 0.1) is 18.7 Å². The van der Waals surface area contributed by atoms with Crippen molar-refractivity contribution in [2.75, 3.05) is 46.4 Å². The topological polar surface area (TPSA) is 48.8 Å². The molecule has 1 aromatic heterocycles. The minimum Gasteiger partial charge on any atom is -0.497 e. The average Bonchev–Trinajstić information content (AvgIpc) is 2.71. The quantitative estimate of drug-likeness (QED) is 0.667. The lowest BCUT2D eigenvalue weighted by molar-refractivity contribution is 0.0725. The molecule has 5 nitrogen and oxygen atoms in total. The van der Waals surface area contributed by atoms with Crippen LogP contribution in [-0.4, -0.2) is 66.3 Å². The molecular weight excluding hydrogens is 350 g/mol. The smallest absolute Gasteiger partial charge is 0.119 e. The number of hydrogen-bond acceptors (Lipinski definition) is 5. The minimum atomic E-state index is -0.518. The average molecular weight is 386 g/mol. The molecule has 1 aliphatic heterocycles. The molecule has 1 aliphatic rings. The summed E-state index contributed by atoms with van der Waals surface area (Å²) < 4.78 is 5.35. The van der Waals surface area contributed by atoms with Gasteiger partial charge in [-0.05, 0) is 48.7 Å². The number of aromatic nitrogens is 1. The van der Waals surface area contributed by atoms with Gasteiger partial charge in [-0.3, -0.25) is 9.88 Å². The molecule has 28 heavy (non-hydrogen) atoms. The Labute approximate surface area is 169 Å². The van der Waals surface area contributed by atoms with Crippen LogP contribution in [0.1, 0.15) is 44.8 Å². The van der Waals surface area contributed by atoms with Gasteiger partial charge < -0.3 is 14.7 Å². The first-order chi connectivity index (χ1) is 13.6. The summed E-state index contributed by atoms with van der Waals surface area (Å²) in [6.45, 7) is 10.7. The number of pyridine rings is 1. The second-order valence-electron chi connectivity index (χ2n) is 8.33. The largest absolute Gasteiger partial charge is 0.497 e. The number of benzene rings is 1. The first kappa shape index (κ1) is 21.0. The number of β-amino-alcohol motifs (C(OH)–C–C–N with tert-alkyl or cyclic N) is 1. The van der Waals surface area contributed by atoms with Gasteiger partial charge in [-0.2, -0.15) is 0 Å². The monoisotopic (exact) mass is 385 g/mol. The molecule has 0 spiro atoms. The molecule has 0 saturated carbocycles. The molecule has 1 aromatic carbocycles. The predicted octanol–water partition coefficient (Wildman–Crippen LogP) is 3.72. The maximum atomic E-state index is 10.9. The van der Waals surface area contributed by atoms with Crippen LogP contribution < -0.4 is 4.74 Å². The summed E-state index contributed by atoms with van der Waals surface area (Å²) in [6.07, 6.45) is 5.22. The number of ether oxygens (including phenoxy) is 1. The summed E-state index contributed by atoms with van der Waals surface area (Å²) in [4.78, 5) is 9.36. The van der Waals surface area contributed by atoms with E-state index in [0.717, 1.165) is 54.3 Å². The second-order valence-corrected chi connectivity index (χ2v) is 8.33. The number of nitrogens with zero attached hydrogens (tertiary/aromatic N) is 3. The van der Waals surface area contributed by atoms with Crippen LogP contribution in [0.5, 0.6) is 5.75 Å². The van der Waals surface area contributed by atoms with E-state index in [0.29, 0.717) is 6.54 Å². The minimum absolute atomic E-state index is 0.518. The SMILES string of the molecule is COc1ccc2nccc([C@@H](O)CN3CCN(CCCCC(C)C)CC3)c2c1. The zero-order valence-corrected chi connectivity index (χ0v) is 17.6. The highest BCUT2D eigenvalue weighted by Crippen LogP contribution is 2.27. The van der Waals surface area contributed by atoms with E-state index < -0.39 is 6.10 Å². The van der Waals surface area contributed by atoms with E-state index in [-0.39, 0.29) is 0 Å². The molecule has 2 aromatic rings. The number of unbranched alkanes of at least 4 members (excludes halogenated alkanes) is 1. The highest BCUT2D eigenvalue weighted by atomic mass is 16.5. The molecule has 154 valence electrons. The lowest BCUT2D eigenvalue weighted by atomic mass is 10.0. The molecule has 0 amide bonds. The number of aliphatic hydroxyl groups excluding tert-OH is 1. The van der Waals surface area contributed by atoms with Crippen LogP contribution in [0.25, 0.3) is 10.9 Å². The van der Waals surface area contributed by atoms with Gasteiger partial charge in [-0.15, -0.1) is 0 Å². The van der Waals surface area contributed by atoms with Gasteiger partial charge >= 0.3 is 0 Å². The summed E-state index contributed by atoms with van der Waals surface area (Å²) in [5.74, 6) is 1.60. The van der Waals surface area contributed by atoms with Crippen molar-refractivity contribution < 1.29 is 9.84 Å². The van der Waals surface area contributed by atoms with Gasteiger partial charge in [0.15, 0.2) is 0 Å². The maximum Gasteiger partial charge on any atom is 0.119 e. The number of aliphatic hydroxyl groups is 1. The maximum absolute atomic E-state index is 10.9. The van der Waals surface area contributed by atoms with Crippen molar-refractivity contribution in [1.29, 1.82) is 0 Å². The molecule has 2 heterocycles. The normalized spacial score (nSPS) is 17.3. The van der Waals surface area contributed by atoms with Crippen molar-refractivity contribution in [3.05, 3.63) is 36.0 Å². The van der Waals surface area contributed by atoms with Gasteiger partial charge in [-0.1, -0.05) is 26.7 Å². The van der Waals surface area contributed by atoms with Crippen LogP contribution in [0.4, 0.5) is 0 Å². The van der Waals surface area contributed by atoms with Crippen LogP contribution >= 0.6 is 0 Å². The van der Waals surface area contributed by atoms with E-state index in [1.165, 1.54) is 25.8 Å². The fourth-order valence-electron chi connectivity index (χ4n) is 3.99. The van der Waals surface area contributed by atoms with Crippen molar-refractivity contribution in [3.63, 3.8) is 0 Å². The third kappa shape index (κ3) is 5.66. The standard InChI is InChI=1S/C23H35N3O2/c1-18(2)6-4-5-11-25-12-14-26(15-13-25)17-23(27)20-9-10-24-22-8-7-19(28-3)16-21(20)22/h7-10,16,18,23,27H,4-6,11-15,17H2,1-3H3/t23-/m0/s1. The molecule has 1 fully saturated rings. The Hall–Kier alpha value is -1.69. The summed E-state index contributed by atoms with van der Waals surface area (Å²) in [5.41, 5.74) is 1.82. The van der Waals surface area contributed by atoms with Crippen LogP contribution in [0.15, 0.2) is 30.5 Å². The van der Waals surface area contributed by atoms with Gasteiger partial charge in [0.1, 0.15) is 5.75 Å². The molecule has 0 bridgehead atoms. The zero-order valence-electron chi connectivity index (χ0n) is 17.6. The molecule has 1 saturated heterocycles. The fourth-order valence-corrected chi connectivity index (χ4v) is 3.99. The number of piperazine rings is 1. The molecule has 1 N–H and O–H groups in total. The van der Waals surface area contributed by atoms with Crippen LogP contribution in [0.2, 0.25) is 0 Å². The fraction of sp³-hybridized carbons (Fsp3) is 0.609. The van der Waals surface area contributed by atoms with Crippen molar-refractivity contribution in [1.82, 2.24) is 14.8 Å². The van der Waals surface area contributed by atoms with Crippen molar-refractivity contribution in [2.24, 2.45) is 5.92 Å². The summed E-state index contributed by atoms with van der Waals surface area (Å²) in [5, 5.41) is 11.9. The molecule has 3 rings (SSSR count). The molecular formula is C23H35N3O2. The van der Waals surface area contributed by atoms with Crippen molar-refractivity contribution >= 4 is 10.9 Å². The van der Waals surface area contributed by atoms with E-state index in [4.69, 9.17) is 4.74 Å². The second kappa shape index (κ2) is 10.2. The summed E-state index contributed by atoms with van der Waals surface area (Å²) >= 11 is 0. The Bertz CT molecular complexity index is 742.